The molecule has 3 atom stereocenters. The van der Waals surface area contributed by atoms with Gasteiger partial charge >= 0.3 is 0 Å². The summed E-state index contributed by atoms with van der Waals surface area (Å²) in [5.41, 5.74) is 6.38. The number of nitrogens with zero attached hydrogens (tertiary/aromatic N) is 1. The van der Waals surface area contributed by atoms with E-state index in [1.54, 1.807) is 0 Å². The van der Waals surface area contributed by atoms with Crippen LogP contribution in [0.4, 0.5) is 0 Å². The molecule has 0 aromatic rings. The summed E-state index contributed by atoms with van der Waals surface area (Å²) in [5, 5.41) is 17.7. The van der Waals surface area contributed by atoms with Crippen molar-refractivity contribution in [3.63, 3.8) is 0 Å². The zero-order valence-electron chi connectivity index (χ0n) is 8.91. The fourth-order valence-electron chi connectivity index (χ4n) is 1.42. The smallest absolute Gasteiger partial charge is 0.184 e. The maximum Gasteiger partial charge on any atom is 0.184 e. The van der Waals surface area contributed by atoms with Crippen LogP contribution >= 0.6 is 0 Å². The molecule has 0 amide bonds. The lowest BCUT2D eigenvalue weighted by Crippen LogP contribution is -2.60. The summed E-state index contributed by atoms with van der Waals surface area (Å²) in [4.78, 5) is 4.09. The topological polar surface area (TPSA) is 94.7 Å². The van der Waals surface area contributed by atoms with Gasteiger partial charge in [0.15, 0.2) is 12.2 Å². The molecule has 0 aromatic heterocycles. The van der Waals surface area contributed by atoms with E-state index < -0.39 is 18.5 Å². The Bertz CT molecular complexity index is 331. The van der Waals surface area contributed by atoms with Crippen molar-refractivity contribution in [2.24, 2.45) is 10.7 Å². The van der Waals surface area contributed by atoms with Gasteiger partial charge in [-0.3, -0.25) is 5.32 Å². The maximum absolute atomic E-state index is 9.32. The van der Waals surface area contributed by atoms with Crippen LogP contribution in [-0.2, 0) is 0 Å². The first-order chi connectivity index (χ1) is 7.04. The van der Waals surface area contributed by atoms with Crippen LogP contribution in [0.1, 0.15) is 14.7 Å². The molecule has 0 aromatic carbocycles. The minimum Gasteiger partial charge on any atom is -0.375 e. The zero-order chi connectivity index (χ0) is 11.1. The lowest BCUT2D eigenvalue weighted by Gasteiger charge is -2.34. The Morgan fingerprint density at radius 1 is 1.71 bits per heavy atom. The molecule has 0 spiro atoms. The van der Waals surface area contributed by atoms with Crippen molar-refractivity contribution >= 4 is 6.21 Å². The van der Waals surface area contributed by atoms with Gasteiger partial charge in [0, 0.05) is 6.21 Å². The highest BCUT2D eigenvalue weighted by Gasteiger charge is 2.27. The van der Waals surface area contributed by atoms with E-state index >= 15 is 0 Å². The predicted molar refractivity (Wildman–Crippen MR) is 53.0 cm³/mol. The highest BCUT2D eigenvalue weighted by molar-refractivity contribution is 5.68. The molecule has 0 saturated heterocycles. The van der Waals surface area contributed by atoms with Gasteiger partial charge in [0.2, 0.25) is 0 Å². The number of aliphatic hydroxyl groups is 1. The van der Waals surface area contributed by atoms with Crippen LogP contribution in [0.25, 0.3) is 0 Å². The van der Waals surface area contributed by atoms with E-state index in [0.717, 1.165) is 0 Å². The van der Waals surface area contributed by atoms with Gasteiger partial charge in [-0.25, -0.2) is 4.99 Å². The number of nitrogens with two attached hydrogens (primary N) is 1. The Kier molecular flexibility index (Phi) is 2.09. The second-order valence-corrected chi connectivity index (χ2v) is 3.22. The molecule has 6 N–H and O–H groups in total. The van der Waals surface area contributed by atoms with Gasteiger partial charge in [-0.2, -0.15) is 0 Å². The molecule has 2 heterocycles. The Balaban J connectivity index is 2.26. The first-order valence-electron chi connectivity index (χ1n) is 5.08. The highest BCUT2D eigenvalue weighted by Crippen LogP contribution is 2.13. The van der Waals surface area contributed by atoms with Crippen LogP contribution in [0, 0.1) is 0 Å². The van der Waals surface area contributed by atoms with Crippen LogP contribution < -0.4 is 21.7 Å². The van der Waals surface area contributed by atoms with Crippen molar-refractivity contribution in [3.8, 4) is 0 Å². The molecule has 2 aliphatic heterocycles. The average molecular weight is 198 g/mol. The molecule has 6 heteroatoms. The second kappa shape index (κ2) is 3.56. The normalized spacial score (nSPS) is 42.4. The number of aliphatic imine (C=N–C) groups is 1. The second-order valence-electron chi connectivity index (χ2n) is 3.22. The van der Waals surface area contributed by atoms with Crippen molar-refractivity contribution < 1.29 is 6.48 Å². The first kappa shape index (κ1) is 8.22. The average Bonchev–Trinajstić information content (AvgIpc) is 2.20. The molecule has 2 rings (SSSR count). The number of nitrogens with one attached hydrogen (secondary N) is 3. The lowest BCUT2D eigenvalue weighted by atomic mass is 10.1. The van der Waals surface area contributed by atoms with Crippen LogP contribution in [0.5, 0.6) is 0 Å². The number of aliphatic hydroxyl groups excluding tert-OH is 1. The van der Waals surface area contributed by atoms with Crippen LogP contribution in [-0.4, -0.2) is 29.9 Å². The first-order valence-corrected chi connectivity index (χ1v) is 4.58. The van der Waals surface area contributed by atoms with Gasteiger partial charge in [0.1, 0.15) is 6.17 Å². The van der Waals surface area contributed by atoms with E-state index in [2.05, 4.69) is 20.9 Å². The van der Waals surface area contributed by atoms with E-state index in [1.807, 2.05) is 6.92 Å². The Labute approximate surface area is 83.7 Å². The van der Waals surface area contributed by atoms with E-state index in [0.29, 0.717) is 17.9 Å². The molecule has 0 fully saturated rings. The van der Waals surface area contributed by atoms with E-state index in [-0.39, 0.29) is 0 Å². The summed E-state index contributed by atoms with van der Waals surface area (Å²) in [6.45, 7) is 1.89. The summed E-state index contributed by atoms with van der Waals surface area (Å²) in [7, 11) is 0. The van der Waals surface area contributed by atoms with E-state index in [1.165, 1.54) is 6.21 Å². The third kappa shape index (κ3) is 1.59. The molecule has 0 bridgehead atoms. The summed E-state index contributed by atoms with van der Waals surface area (Å²) in [5.74, 6) is 0.491. The van der Waals surface area contributed by atoms with E-state index in [9.17, 15) is 5.11 Å². The fraction of sp³-hybridized carbons (Fsp3) is 0.625. The third-order valence-corrected chi connectivity index (χ3v) is 2.20. The van der Waals surface area contributed by atoms with Gasteiger partial charge in [0.25, 0.3) is 0 Å². The predicted octanol–water partition coefficient (Wildman–Crippen LogP) is -1.64. The van der Waals surface area contributed by atoms with Crippen molar-refractivity contribution in [1.82, 2.24) is 16.0 Å². The minimum atomic E-state index is -0.915. The molecule has 2 aliphatic rings. The largest absolute Gasteiger partial charge is 0.375 e. The summed E-state index contributed by atoms with van der Waals surface area (Å²) >= 11 is 0. The van der Waals surface area contributed by atoms with Crippen molar-refractivity contribution in [2.75, 3.05) is 0 Å². The molecule has 78 valence electrons. The summed E-state index contributed by atoms with van der Waals surface area (Å²) < 4.78 is 7.96. The fourth-order valence-corrected chi connectivity index (χ4v) is 1.42. The van der Waals surface area contributed by atoms with Crippen molar-refractivity contribution in [2.45, 2.75) is 31.9 Å². The third-order valence-electron chi connectivity index (χ3n) is 2.20. The Hall–Kier alpha value is -1.11. The van der Waals surface area contributed by atoms with E-state index in [4.69, 9.17) is 7.10 Å². The molecule has 3 unspecified atom stereocenters. The molecular weight excluding hydrogens is 182 g/mol. The minimum absolute atomic E-state index is 0.491. The van der Waals surface area contributed by atoms with Crippen LogP contribution in [0.3, 0.4) is 0 Å². The summed E-state index contributed by atoms with van der Waals surface area (Å²) in [6.07, 6.45) is 0.647. The van der Waals surface area contributed by atoms with Crippen molar-refractivity contribution in [3.05, 3.63) is 11.5 Å². The zero-order valence-corrected chi connectivity index (χ0v) is 7.91. The molecule has 14 heavy (non-hydrogen) atoms. The van der Waals surface area contributed by atoms with Crippen LogP contribution in [0.2, 0.25) is 0 Å². The van der Waals surface area contributed by atoms with Crippen molar-refractivity contribution in [1.29, 1.82) is 0 Å². The van der Waals surface area contributed by atoms with Gasteiger partial charge < -0.3 is 21.5 Å². The number of hydrogen-bond donors (Lipinski definition) is 5. The standard InChI is InChI=1S/C8H15N5O/c1-2-4-3-10-7-5(11-4)6(9)12-8(14)13-7/h3-4,6,8,11-14H,2,9H2,1H3/i4D. The van der Waals surface area contributed by atoms with Gasteiger partial charge in [-0.05, 0) is 6.42 Å². The molecule has 6 nitrogen and oxygen atoms in total. The monoisotopic (exact) mass is 198 g/mol. The Morgan fingerprint density at radius 3 is 3.21 bits per heavy atom. The quantitative estimate of drug-likeness (QED) is 0.348. The van der Waals surface area contributed by atoms with Crippen LogP contribution in [0.15, 0.2) is 16.5 Å². The SMILES string of the molecule is [2H]C1(CC)C=NC2=C(N1)C(N)NC(O)N2. The maximum atomic E-state index is 9.32. The highest BCUT2D eigenvalue weighted by atomic mass is 16.3. The molecular formula is C8H15N5O. The molecule has 0 saturated carbocycles. The Morgan fingerprint density at radius 2 is 2.50 bits per heavy atom. The van der Waals surface area contributed by atoms with Gasteiger partial charge in [0.05, 0.1) is 13.1 Å². The number of rotatable bonds is 1. The van der Waals surface area contributed by atoms with Gasteiger partial charge in [-0.15, -0.1) is 0 Å². The summed E-state index contributed by atoms with van der Waals surface area (Å²) in [6, 6.07) is -0.915. The molecule has 0 radical (unpaired) electrons. The lowest BCUT2D eigenvalue weighted by molar-refractivity contribution is 0.0912. The number of hydrogen-bond acceptors (Lipinski definition) is 6. The van der Waals surface area contributed by atoms with Gasteiger partial charge in [-0.1, -0.05) is 6.92 Å². The molecule has 0 aliphatic carbocycles.